The van der Waals surface area contributed by atoms with Crippen LogP contribution in [0.5, 0.6) is 0 Å². The van der Waals surface area contributed by atoms with Gasteiger partial charge in [-0.1, -0.05) is 19.0 Å². The number of urea groups is 1. The fraction of sp³-hybridized carbons (Fsp3) is 0.476. The largest absolute Gasteiger partial charge is 0.364 e. The van der Waals surface area contributed by atoms with Crippen molar-refractivity contribution in [2.75, 3.05) is 11.4 Å². The van der Waals surface area contributed by atoms with E-state index in [0.717, 1.165) is 6.42 Å². The van der Waals surface area contributed by atoms with Gasteiger partial charge in [0.2, 0.25) is 23.5 Å². The second kappa shape index (κ2) is 6.60. The molecule has 9 nitrogen and oxygen atoms in total. The number of aryl methyl sites for hydroxylation is 1. The molecule has 0 radical (unpaired) electrons. The number of nitrogens with one attached hydrogen (secondary N) is 2. The van der Waals surface area contributed by atoms with E-state index in [1.165, 1.54) is 6.07 Å². The predicted octanol–water partition coefficient (Wildman–Crippen LogP) is 1.94. The summed E-state index contributed by atoms with van der Waals surface area (Å²) in [6, 6.07) is 1.64. The molecule has 0 aliphatic carbocycles. The highest BCUT2D eigenvalue weighted by molar-refractivity contribution is 6.20. The Bertz CT molecular complexity index is 1110. The van der Waals surface area contributed by atoms with Crippen molar-refractivity contribution in [2.45, 2.75) is 39.7 Å². The lowest BCUT2D eigenvalue weighted by Gasteiger charge is -2.55. The Morgan fingerprint density at radius 2 is 1.90 bits per heavy atom. The molecule has 2 aromatic rings. The lowest BCUT2D eigenvalue weighted by molar-refractivity contribution is -0.148. The zero-order valence-corrected chi connectivity index (χ0v) is 17.4. The molecule has 2 saturated heterocycles. The van der Waals surface area contributed by atoms with Gasteiger partial charge in [0.15, 0.2) is 5.41 Å². The van der Waals surface area contributed by atoms with Gasteiger partial charge < -0.3 is 9.42 Å². The van der Waals surface area contributed by atoms with Crippen LogP contribution in [0.3, 0.4) is 0 Å². The summed E-state index contributed by atoms with van der Waals surface area (Å²) < 4.78 is 20.5. The summed E-state index contributed by atoms with van der Waals surface area (Å²) in [6.07, 6.45) is 0.753. The van der Waals surface area contributed by atoms with Gasteiger partial charge in [-0.05, 0) is 42.4 Å². The molecule has 3 atom stereocenters. The van der Waals surface area contributed by atoms with Gasteiger partial charge in [0.1, 0.15) is 5.82 Å². The third-order valence-corrected chi connectivity index (χ3v) is 6.61. The van der Waals surface area contributed by atoms with Crippen LogP contribution in [0.2, 0.25) is 0 Å². The number of anilines is 1. The average molecular weight is 427 g/mol. The van der Waals surface area contributed by atoms with Crippen molar-refractivity contribution in [3.8, 4) is 11.4 Å². The molecule has 31 heavy (non-hydrogen) atoms. The topological polar surface area (TPSA) is 117 Å². The maximum atomic E-state index is 15.5. The number of hydrogen-bond acceptors (Lipinski definition) is 7. The number of benzene rings is 1. The highest BCUT2D eigenvalue weighted by atomic mass is 19.1. The van der Waals surface area contributed by atoms with E-state index in [1.54, 1.807) is 13.0 Å². The first-order valence-corrected chi connectivity index (χ1v) is 10.3. The van der Waals surface area contributed by atoms with E-state index in [4.69, 9.17) is 4.52 Å². The Balaban J connectivity index is 1.72. The third-order valence-electron chi connectivity index (χ3n) is 6.61. The van der Waals surface area contributed by atoms with Crippen LogP contribution in [0, 0.1) is 30.0 Å². The number of hydrogen-bond donors (Lipinski definition) is 2. The number of barbiturate groups is 1. The van der Waals surface area contributed by atoms with Gasteiger partial charge in [0, 0.05) is 19.0 Å². The van der Waals surface area contributed by atoms with Crippen molar-refractivity contribution in [2.24, 2.45) is 17.3 Å². The van der Waals surface area contributed by atoms with Gasteiger partial charge >= 0.3 is 6.03 Å². The van der Waals surface area contributed by atoms with Crippen molar-refractivity contribution in [1.82, 2.24) is 20.8 Å². The van der Waals surface area contributed by atoms with E-state index in [1.807, 2.05) is 11.8 Å². The Hall–Kier alpha value is -3.30. The minimum Gasteiger partial charge on any atom is -0.364 e. The Kier molecular flexibility index (Phi) is 4.18. The van der Waals surface area contributed by atoms with Crippen molar-refractivity contribution in [3.63, 3.8) is 0 Å². The quantitative estimate of drug-likeness (QED) is 0.668. The van der Waals surface area contributed by atoms with Crippen LogP contribution in [-0.4, -0.2) is 40.6 Å². The first kappa shape index (κ1) is 19.7. The molecule has 1 spiro atoms. The number of rotatable bonds is 1. The normalized spacial score (nSPS) is 26.9. The second-order valence-corrected chi connectivity index (χ2v) is 8.90. The zero-order chi connectivity index (χ0) is 22.1. The maximum absolute atomic E-state index is 15.5. The minimum absolute atomic E-state index is 0.0330. The van der Waals surface area contributed by atoms with Gasteiger partial charge in [-0.25, -0.2) is 9.18 Å². The third kappa shape index (κ3) is 2.77. The minimum atomic E-state index is -1.54. The van der Waals surface area contributed by atoms with Crippen LogP contribution in [0.1, 0.15) is 31.7 Å². The highest BCUT2D eigenvalue weighted by Crippen LogP contribution is 2.50. The first-order valence-electron chi connectivity index (χ1n) is 10.3. The van der Waals surface area contributed by atoms with Crippen molar-refractivity contribution in [1.29, 1.82) is 0 Å². The molecule has 5 rings (SSSR count). The molecule has 3 aliphatic heterocycles. The van der Waals surface area contributed by atoms with Crippen LogP contribution in [0.15, 0.2) is 16.7 Å². The summed E-state index contributed by atoms with van der Waals surface area (Å²) in [7, 11) is 0. The van der Waals surface area contributed by atoms with Crippen molar-refractivity contribution in [3.05, 3.63) is 29.4 Å². The Labute approximate surface area is 177 Å². The van der Waals surface area contributed by atoms with Crippen molar-refractivity contribution < 1.29 is 23.3 Å². The van der Waals surface area contributed by atoms with Crippen LogP contribution in [0.25, 0.3) is 11.4 Å². The number of amides is 4. The SMILES string of the molecule is Cc1nc(-c2cc(F)c3c(c2)CC2(C(=O)NC(=O)NC2=O)[C@H]2[C@H](C)C[C@H](C)CN32)no1. The van der Waals surface area contributed by atoms with Crippen LogP contribution < -0.4 is 15.5 Å². The number of nitrogens with zero attached hydrogens (tertiary/aromatic N) is 3. The van der Waals surface area contributed by atoms with E-state index in [9.17, 15) is 14.4 Å². The fourth-order valence-electron chi connectivity index (χ4n) is 5.63. The van der Waals surface area contributed by atoms with Crippen LogP contribution >= 0.6 is 0 Å². The Morgan fingerprint density at radius 1 is 1.19 bits per heavy atom. The molecule has 10 heteroatoms. The average Bonchev–Trinajstić information content (AvgIpc) is 3.11. The maximum Gasteiger partial charge on any atom is 0.328 e. The number of imide groups is 2. The monoisotopic (exact) mass is 427 g/mol. The summed E-state index contributed by atoms with van der Waals surface area (Å²) in [5.74, 6) is -1.03. The second-order valence-electron chi connectivity index (χ2n) is 8.90. The van der Waals surface area contributed by atoms with Gasteiger partial charge in [0.25, 0.3) is 0 Å². The fourth-order valence-corrected chi connectivity index (χ4v) is 5.63. The first-order chi connectivity index (χ1) is 14.7. The number of piperidine rings is 1. The van der Waals surface area contributed by atoms with E-state index >= 15 is 4.39 Å². The number of fused-ring (bicyclic) bond motifs is 4. The molecule has 4 amide bonds. The summed E-state index contributed by atoms with van der Waals surface area (Å²) in [6.45, 7) is 6.16. The molecule has 0 saturated carbocycles. The van der Waals surface area contributed by atoms with E-state index < -0.39 is 35.1 Å². The molecule has 1 aromatic heterocycles. The standard InChI is InChI=1S/C21H22FN5O4/c1-9-4-10(2)16-21(18(28)24-20(30)25-19(21)29)7-13-5-12(17-23-11(3)31-26-17)6-14(22)15(13)27(16)8-9/h5-6,9-10,16H,4,7-8H2,1-3H3,(H2,24,25,28,29,30)/t9-,10+,16+/m0/s1. The molecule has 1 aromatic carbocycles. The molecule has 2 N–H and O–H groups in total. The van der Waals surface area contributed by atoms with Crippen LogP contribution in [-0.2, 0) is 16.0 Å². The number of aromatic nitrogens is 2. The lowest BCUT2D eigenvalue weighted by Crippen LogP contribution is -2.73. The van der Waals surface area contributed by atoms with Crippen LogP contribution in [0.4, 0.5) is 14.9 Å². The molecular formula is C21H22FN5O4. The molecule has 0 bridgehead atoms. The van der Waals surface area contributed by atoms with E-state index in [2.05, 4.69) is 27.7 Å². The summed E-state index contributed by atoms with van der Waals surface area (Å²) >= 11 is 0. The van der Waals surface area contributed by atoms with E-state index in [0.29, 0.717) is 29.2 Å². The molecule has 2 fully saturated rings. The molecule has 4 heterocycles. The highest BCUT2D eigenvalue weighted by Gasteiger charge is 2.62. The summed E-state index contributed by atoms with van der Waals surface area (Å²) in [5.41, 5.74) is -0.267. The predicted molar refractivity (Wildman–Crippen MR) is 106 cm³/mol. The number of carbonyl (C=O) groups is 3. The Morgan fingerprint density at radius 3 is 2.55 bits per heavy atom. The van der Waals surface area contributed by atoms with Gasteiger partial charge in [0.05, 0.1) is 11.7 Å². The number of halogens is 1. The van der Waals surface area contributed by atoms with Gasteiger partial charge in [-0.15, -0.1) is 0 Å². The smallest absolute Gasteiger partial charge is 0.328 e. The summed E-state index contributed by atoms with van der Waals surface area (Å²) in [4.78, 5) is 44.1. The lowest BCUT2D eigenvalue weighted by atomic mass is 9.62. The molecule has 0 unspecified atom stereocenters. The van der Waals surface area contributed by atoms with E-state index in [-0.39, 0.29) is 24.1 Å². The van der Waals surface area contributed by atoms with Gasteiger partial charge in [-0.2, -0.15) is 4.98 Å². The van der Waals surface area contributed by atoms with Crippen molar-refractivity contribution >= 4 is 23.5 Å². The molecular weight excluding hydrogens is 405 g/mol. The number of carbonyl (C=O) groups excluding carboxylic acids is 3. The summed E-state index contributed by atoms with van der Waals surface area (Å²) in [5, 5.41) is 8.38. The zero-order valence-electron chi connectivity index (χ0n) is 17.4. The molecule has 3 aliphatic rings. The van der Waals surface area contributed by atoms with Gasteiger partial charge in [-0.3, -0.25) is 20.2 Å². The molecule has 162 valence electrons.